The molecule has 0 aliphatic rings. The van der Waals surface area contributed by atoms with Crippen LogP contribution in [0.1, 0.15) is 0 Å². The highest BCUT2D eigenvalue weighted by Crippen LogP contribution is 2.26. The van der Waals surface area contributed by atoms with E-state index in [9.17, 15) is 0 Å². The third-order valence-corrected chi connectivity index (χ3v) is 31.2. The first-order chi connectivity index (χ1) is 40.2. The molecule has 0 saturated carbocycles. The Morgan fingerprint density at radius 2 is 0.210 bits per heavy atom. The summed E-state index contributed by atoms with van der Waals surface area (Å²) in [6.45, 7) is 0. The summed E-state index contributed by atoms with van der Waals surface area (Å²) in [6.07, 6.45) is 0. The molecule has 0 aliphatic carbocycles. The molecule has 0 unspecified atom stereocenters. The van der Waals surface area contributed by atoms with Gasteiger partial charge in [0.05, 0.1) is 0 Å². The van der Waals surface area contributed by atoms with Gasteiger partial charge in [0.25, 0.3) is 0 Å². The van der Waals surface area contributed by atoms with Crippen molar-refractivity contribution in [1.82, 2.24) is 0 Å². The normalized spacial score (nSPS) is 11.7. The van der Waals surface area contributed by atoms with E-state index in [4.69, 9.17) is 0 Å². The van der Waals surface area contributed by atoms with Crippen LogP contribution in [0.3, 0.4) is 0 Å². The van der Waals surface area contributed by atoms with E-state index in [2.05, 4.69) is 364 Å². The maximum absolute atomic E-state index is 2.88. The van der Waals surface area contributed by atoms with Crippen molar-refractivity contribution in [3.63, 3.8) is 0 Å². The number of benzene rings is 13. The van der Waals surface area contributed by atoms with Crippen molar-refractivity contribution in [3.05, 3.63) is 364 Å². The van der Waals surface area contributed by atoms with E-state index in [1.54, 1.807) is 0 Å². The Labute approximate surface area is 480 Å². The average molecular weight is 1080 g/mol. The third kappa shape index (κ3) is 9.31. The molecule has 0 atom stereocenters. The molecule has 0 radical (unpaired) electrons. The Hall–Kier alpha value is -9.49. The standard InChI is InChI=1S/C78H60Si3/c1-9-25-61(26-10-1)64-45-51-74(52-46-64)80(70-33-17-5-18-34-70,71-35-19-6-20-36-71)75-53-47-65(48-54-75)62-41-43-63(44-42-62)66-49-55-76(56-50-66)81(72-37-21-7-22-38-72,73-39-23-8-24-40-73)78-59-57-77(58-60-78)79(67-27-11-2-12-28-67,68-29-13-3-14-30-68)69-31-15-4-16-32-69/h1-60H. The van der Waals surface area contributed by atoms with E-state index in [1.807, 2.05) is 0 Å². The highest BCUT2D eigenvalue weighted by molar-refractivity contribution is 7.21. The summed E-state index contributed by atoms with van der Waals surface area (Å²) < 4.78 is 0. The van der Waals surface area contributed by atoms with Crippen LogP contribution < -0.4 is 62.2 Å². The smallest absolute Gasteiger partial charge is 0.0623 e. The molecule has 13 aromatic rings. The van der Waals surface area contributed by atoms with E-state index in [-0.39, 0.29) is 0 Å². The van der Waals surface area contributed by atoms with Gasteiger partial charge in [0.1, 0.15) is 0 Å². The first-order valence-corrected chi connectivity index (χ1v) is 34.1. The van der Waals surface area contributed by atoms with Crippen LogP contribution in [0.2, 0.25) is 0 Å². The molecule has 0 bridgehead atoms. The van der Waals surface area contributed by atoms with Crippen LogP contribution in [0.15, 0.2) is 364 Å². The molecule has 13 rings (SSSR count). The monoisotopic (exact) mass is 1080 g/mol. The molecule has 0 fully saturated rings. The lowest BCUT2D eigenvalue weighted by atomic mass is 10.0. The van der Waals surface area contributed by atoms with Crippen LogP contribution >= 0.6 is 0 Å². The van der Waals surface area contributed by atoms with Gasteiger partial charge in [-0.25, -0.2) is 0 Å². The fourth-order valence-corrected chi connectivity index (χ4v) is 27.2. The fraction of sp³-hybridized carbons (Fsp3) is 0. The maximum atomic E-state index is 2.48. The predicted molar refractivity (Wildman–Crippen MR) is 354 cm³/mol. The Morgan fingerprint density at radius 1 is 0.0988 bits per heavy atom. The molecule has 0 aromatic heterocycles. The van der Waals surface area contributed by atoms with Crippen molar-refractivity contribution in [2.24, 2.45) is 0 Å². The van der Waals surface area contributed by atoms with Gasteiger partial charge in [-0.15, -0.1) is 0 Å². The van der Waals surface area contributed by atoms with Crippen LogP contribution in [0.5, 0.6) is 0 Å². The van der Waals surface area contributed by atoms with Gasteiger partial charge < -0.3 is 0 Å². The SMILES string of the molecule is c1ccc(-c2ccc([Si](c3ccccc3)(c3ccccc3)c3ccc(-c4ccc(-c5ccc([Si](c6ccccc6)(c6ccccc6)c6ccc([Si](c7ccccc7)(c7ccccc7)c7ccccc7)cc6)cc5)cc4)cc3)cc2)cc1. The number of rotatable bonds is 15. The van der Waals surface area contributed by atoms with Gasteiger partial charge >= 0.3 is 0 Å². The first-order valence-electron chi connectivity index (χ1n) is 28.1. The van der Waals surface area contributed by atoms with E-state index >= 15 is 0 Å². The molecule has 0 heterocycles. The molecule has 0 saturated heterocycles. The summed E-state index contributed by atoms with van der Waals surface area (Å²) in [6, 6.07) is 137. The zero-order valence-corrected chi connectivity index (χ0v) is 48.1. The summed E-state index contributed by atoms with van der Waals surface area (Å²) in [5, 5.41) is 16.4. The molecular weight excluding hydrogens is 1020 g/mol. The molecular formula is C78H60Si3. The van der Waals surface area contributed by atoms with Gasteiger partial charge in [0, 0.05) is 0 Å². The van der Waals surface area contributed by atoms with E-state index in [0.717, 1.165) is 0 Å². The highest BCUT2D eigenvalue weighted by atomic mass is 28.3. The summed E-state index contributed by atoms with van der Waals surface area (Å²) >= 11 is 0. The van der Waals surface area contributed by atoms with Gasteiger partial charge in [0.15, 0.2) is 24.2 Å². The van der Waals surface area contributed by atoms with Crippen LogP contribution in [-0.4, -0.2) is 24.2 Å². The number of hydrogen-bond acceptors (Lipinski definition) is 0. The zero-order chi connectivity index (χ0) is 54.3. The highest BCUT2D eigenvalue weighted by Gasteiger charge is 2.45. The Kier molecular flexibility index (Phi) is 14.3. The molecule has 0 spiro atoms. The van der Waals surface area contributed by atoms with Gasteiger partial charge in [0.2, 0.25) is 0 Å². The lowest BCUT2D eigenvalue weighted by Crippen LogP contribution is -2.76. The molecule has 0 aliphatic heterocycles. The van der Waals surface area contributed by atoms with E-state index in [1.165, 1.54) is 95.6 Å². The first kappa shape index (κ1) is 51.0. The molecule has 0 amide bonds. The third-order valence-electron chi connectivity index (χ3n) is 16.8. The van der Waals surface area contributed by atoms with Crippen molar-refractivity contribution in [2.75, 3.05) is 0 Å². The van der Waals surface area contributed by atoms with Gasteiger partial charge in [-0.1, -0.05) is 364 Å². The van der Waals surface area contributed by atoms with Crippen molar-refractivity contribution in [1.29, 1.82) is 0 Å². The van der Waals surface area contributed by atoms with Crippen molar-refractivity contribution in [3.8, 4) is 33.4 Å². The summed E-state index contributed by atoms with van der Waals surface area (Å²) in [5.74, 6) is 0. The van der Waals surface area contributed by atoms with Gasteiger partial charge in [-0.05, 0) is 95.6 Å². The van der Waals surface area contributed by atoms with Crippen LogP contribution in [0.25, 0.3) is 33.4 Å². The van der Waals surface area contributed by atoms with Crippen molar-refractivity contribution >= 4 is 86.5 Å². The lowest BCUT2D eigenvalue weighted by molar-refractivity contribution is 1.59. The van der Waals surface area contributed by atoms with Crippen LogP contribution in [0, 0.1) is 0 Å². The quantitative estimate of drug-likeness (QED) is 0.0709. The molecule has 0 N–H and O–H groups in total. The molecule has 13 aromatic carbocycles. The molecule has 0 nitrogen and oxygen atoms in total. The maximum Gasteiger partial charge on any atom is 0.179 e. The molecule has 3 heteroatoms. The molecule has 81 heavy (non-hydrogen) atoms. The Morgan fingerprint density at radius 3 is 0.383 bits per heavy atom. The van der Waals surface area contributed by atoms with E-state index in [0.29, 0.717) is 0 Å². The minimum absolute atomic E-state index is 1.19. The lowest BCUT2D eigenvalue weighted by Gasteiger charge is -2.37. The zero-order valence-electron chi connectivity index (χ0n) is 45.1. The summed E-state index contributed by atoms with van der Waals surface area (Å²) in [5.41, 5.74) is 7.25. The number of hydrogen-bond donors (Lipinski definition) is 0. The summed E-state index contributed by atoms with van der Waals surface area (Å²) in [4.78, 5) is 0. The largest absolute Gasteiger partial charge is 0.179 e. The van der Waals surface area contributed by atoms with Crippen LogP contribution in [0.4, 0.5) is 0 Å². The fourth-order valence-electron chi connectivity index (χ4n) is 13.0. The van der Waals surface area contributed by atoms with Crippen LogP contribution in [-0.2, 0) is 0 Å². The van der Waals surface area contributed by atoms with Gasteiger partial charge in [-0.2, -0.15) is 0 Å². The van der Waals surface area contributed by atoms with E-state index < -0.39 is 24.2 Å². The van der Waals surface area contributed by atoms with Crippen molar-refractivity contribution < 1.29 is 0 Å². The Bertz CT molecular complexity index is 3930. The average Bonchev–Trinajstić information content (AvgIpc) is 3.74. The van der Waals surface area contributed by atoms with Gasteiger partial charge in [-0.3, -0.25) is 0 Å². The second-order valence-electron chi connectivity index (χ2n) is 21.1. The second kappa shape index (κ2) is 22.7. The minimum Gasteiger partial charge on any atom is -0.0623 e. The Balaban J connectivity index is 0.864. The molecule has 384 valence electrons. The van der Waals surface area contributed by atoms with Crippen molar-refractivity contribution in [2.45, 2.75) is 0 Å². The minimum atomic E-state index is -2.88. The topological polar surface area (TPSA) is 0 Å². The predicted octanol–water partition coefficient (Wildman–Crippen LogP) is 10.8. The summed E-state index contributed by atoms with van der Waals surface area (Å²) in [7, 11) is -8.34. The second-order valence-corrected chi connectivity index (χ2v) is 32.5.